The molecule has 2 N–H and O–H groups in total. The Morgan fingerprint density at radius 3 is 2.36 bits per heavy atom. The van der Waals surface area contributed by atoms with E-state index in [2.05, 4.69) is 15.8 Å². The molecule has 0 atom stereocenters. The SMILES string of the molecule is C/C(CC(=O)Nc1ccc(Cl)cc1)=N\NC(=O)OC(C)(C)C. The van der Waals surface area contributed by atoms with Gasteiger partial charge in [-0.3, -0.25) is 4.79 Å². The number of carbonyl (C=O) groups excluding carboxylic acids is 2. The van der Waals surface area contributed by atoms with Crippen molar-refractivity contribution >= 4 is 35.0 Å². The number of anilines is 1. The smallest absolute Gasteiger partial charge is 0.428 e. The molecule has 120 valence electrons. The minimum atomic E-state index is -0.662. The largest absolute Gasteiger partial charge is 0.443 e. The van der Waals surface area contributed by atoms with Gasteiger partial charge in [-0.05, 0) is 52.0 Å². The fraction of sp³-hybridized carbons (Fsp3) is 0.400. The first-order valence-corrected chi connectivity index (χ1v) is 7.11. The zero-order valence-corrected chi connectivity index (χ0v) is 13.8. The molecule has 0 aliphatic rings. The van der Waals surface area contributed by atoms with Crippen LogP contribution in [0.3, 0.4) is 0 Å². The molecule has 0 spiro atoms. The lowest BCUT2D eigenvalue weighted by atomic mass is 10.2. The summed E-state index contributed by atoms with van der Waals surface area (Å²) in [5, 5.41) is 7.11. The van der Waals surface area contributed by atoms with Crippen molar-refractivity contribution in [2.45, 2.75) is 39.7 Å². The number of benzene rings is 1. The van der Waals surface area contributed by atoms with E-state index in [0.29, 0.717) is 16.4 Å². The second kappa shape index (κ2) is 7.79. The number of nitrogens with one attached hydrogen (secondary N) is 2. The fourth-order valence-corrected chi connectivity index (χ4v) is 1.58. The lowest BCUT2D eigenvalue weighted by molar-refractivity contribution is -0.115. The Labute approximate surface area is 134 Å². The van der Waals surface area contributed by atoms with Crippen molar-refractivity contribution in [3.8, 4) is 0 Å². The number of ether oxygens (including phenoxy) is 1. The van der Waals surface area contributed by atoms with E-state index in [1.165, 1.54) is 0 Å². The number of hydrogen-bond acceptors (Lipinski definition) is 4. The Bertz CT molecular complexity index is 562. The molecule has 0 heterocycles. The molecule has 0 aliphatic carbocycles. The van der Waals surface area contributed by atoms with E-state index < -0.39 is 11.7 Å². The molecule has 0 aliphatic heterocycles. The Kier molecular flexibility index (Phi) is 6.37. The number of halogens is 1. The summed E-state index contributed by atoms with van der Waals surface area (Å²) in [7, 11) is 0. The summed E-state index contributed by atoms with van der Waals surface area (Å²) < 4.78 is 5.03. The van der Waals surface area contributed by atoms with Gasteiger partial charge in [0.15, 0.2) is 0 Å². The van der Waals surface area contributed by atoms with Gasteiger partial charge >= 0.3 is 6.09 Å². The van der Waals surface area contributed by atoms with E-state index >= 15 is 0 Å². The summed E-state index contributed by atoms with van der Waals surface area (Å²) in [5.74, 6) is -0.241. The van der Waals surface area contributed by atoms with Crippen molar-refractivity contribution in [3.05, 3.63) is 29.3 Å². The molecule has 1 aromatic rings. The van der Waals surface area contributed by atoms with E-state index in [1.54, 1.807) is 52.0 Å². The van der Waals surface area contributed by atoms with Crippen molar-refractivity contribution in [3.63, 3.8) is 0 Å². The summed E-state index contributed by atoms with van der Waals surface area (Å²) in [6, 6.07) is 6.77. The molecule has 1 rings (SSSR count). The maximum Gasteiger partial charge on any atom is 0.428 e. The summed E-state index contributed by atoms with van der Waals surface area (Å²) in [6.07, 6.45) is -0.608. The predicted octanol–water partition coefficient (Wildman–Crippen LogP) is 3.57. The third-order valence-corrected chi connectivity index (χ3v) is 2.53. The Morgan fingerprint density at radius 1 is 1.23 bits per heavy atom. The second-order valence-electron chi connectivity index (χ2n) is 5.69. The highest BCUT2D eigenvalue weighted by Gasteiger charge is 2.15. The third-order valence-electron chi connectivity index (χ3n) is 2.28. The van der Waals surface area contributed by atoms with Gasteiger partial charge in [0.1, 0.15) is 5.60 Å². The van der Waals surface area contributed by atoms with Crippen molar-refractivity contribution in [1.29, 1.82) is 0 Å². The lowest BCUT2D eigenvalue weighted by Crippen LogP contribution is -2.30. The number of rotatable bonds is 4. The van der Waals surface area contributed by atoms with Gasteiger partial charge in [-0.2, -0.15) is 5.10 Å². The van der Waals surface area contributed by atoms with Crippen molar-refractivity contribution < 1.29 is 14.3 Å². The minimum Gasteiger partial charge on any atom is -0.443 e. The fourth-order valence-electron chi connectivity index (χ4n) is 1.45. The van der Waals surface area contributed by atoms with Crippen LogP contribution in [0.15, 0.2) is 29.4 Å². The van der Waals surface area contributed by atoms with E-state index in [-0.39, 0.29) is 12.3 Å². The number of carbonyl (C=O) groups is 2. The molecule has 0 aromatic heterocycles. The van der Waals surface area contributed by atoms with Crippen LogP contribution in [-0.2, 0) is 9.53 Å². The second-order valence-corrected chi connectivity index (χ2v) is 6.13. The van der Waals surface area contributed by atoms with E-state index in [1.807, 2.05) is 0 Å². The van der Waals surface area contributed by atoms with Crippen LogP contribution in [0.25, 0.3) is 0 Å². The van der Waals surface area contributed by atoms with Crippen molar-refractivity contribution in [2.75, 3.05) is 5.32 Å². The maximum atomic E-state index is 11.8. The van der Waals surface area contributed by atoms with E-state index in [0.717, 1.165) is 0 Å². The summed E-state index contributed by atoms with van der Waals surface area (Å²) >= 11 is 5.77. The molecule has 0 radical (unpaired) electrons. The molecule has 0 saturated carbocycles. The van der Waals surface area contributed by atoms with Gasteiger partial charge in [0.25, 0.3) is 0 Å². The monoisotopic (exact) mass is 325 g/mol. The highest BCUT2D eigenvalue weighted by molar-refractivity contribution is 6.30. The zero-order valence-electron chi connectivity index (χ0n) is 13.1. The molecule has 6 nitrogen and oxygen atoms in total. The Morgan fingerprint density at radius 2 is 1.82 bits per heavy atom. The van der Waals surface area contributed by atoms with Crippen LogP contribution < -0.4 is 10.7 Å². The van der Waals surface area contributed by atoms with Gasteiger partial charge in [0.05, 0.1) is 6.42 Å². The number of hydrogen-bond donors (Lipinski definition) is 2. The highest BCUT2D eigenvalue weighted by atomic mass is 35.5. The third kappa shape index (κ3) is 7.64. The zero-order chi connectivity index (χ0) is 16.8. The molecular formula is C15H20ClN3O3. The molecule has 0 unspecified atom stereocenters. The molecule has 0 fully saturated rings. The van der Waals surface area contributed by atoms with Crippen molar-refractivity contribution in [1.82, 2.24) is 5.43 Å². The number of amides is 2. The van der Waals surface area contributed by atoms with Gasteiger partial charge in [0, 0.05) is 16.4 Å². The minimum absolute atomic E-state index is 0.0540. The molecule has 0 saturated heterocycles. The Hall–Kier alpha value is -2.08. The first-order valence-electron chi connectivity index (χ1n) is 6.73. The van der Waals surface area contributed by atoms with Crippen LogP contribution in [0.2, 0.25) is 5.02 Å². The van der Waals surface area contributed by atoms with Gasteiger partial charge in [-0.15, -0.1) is 0 Å². The van der Waals surface area contributed by atoms with Crippen LogP contribution in [0.1, 0.15) is 34.1 Å². The summed E-state index contributed by atoms with van der Waals surface area (Å²) in [4.78, 5) is 23.2. The number of nitrogens with zero attached hydrogens (tertiary/aromatic N) is 1. The van der Waals surface area contributed by atoms with Crippen molar-refractivity contribution in [2.24, 2.45) is 5.10 Å². The molecule has 7 heteroatoms. The van der Waals surface area contributed by atoms with E-state index in [9.17, 15) is 9.59 Å². The van der Waals surface area contributed by atoms with Crippen LogP contribution in [-0.4, -0.2) is 23.3 Å². The average Bonchev–Trinajstić information content (AvgIpc) is 2.37. The van der Waals surface area contributed by atoms with Gasteiger partial charge in [0.2, 0.25) is 5.91 Å². The predicted molar refractivity (Wildman–Crippen MR) is 87.2 cm³/mol. The normalized spacial score (nSPS) is 11.8. The number of hydrazone groups is 1. The van der Waals surface area contributed by atoms with Gasteiger partial charge in [-0.1, -0.05) is 11.6 Å². The topological polar surface area (TPSA) is 79.8 Å². The van der Waals surface area contributed by atoms with Gasteiger partial charge in [-0.25, -0.2) is 10.2 Å². The first kappa shape index (κ1) is 18.0. The average molecular weight is 326 g/mol. The lowest BCUT2D eigenvalue weighted by Gasteiger charge is -2.18. The van der Waals surface area contributed by atoms with Crippen LogP contribution in [0.4, 0.5) is 10.5 Å². The Balaban J connectivity index is 2.44. The summed E-state index contributed by atoms with van der Waals surface area (Å²) in [5.41, 5.74) is 2.74. The van der Waals surface area contributed by atoms with Gasteiger partial charge < -0.3 is 10.1 Å². The quantitative estimate of drug-likeness (QED) is 0.656. The maximum absolute atomic E-state index is 11.8. The first-order chi connectivity index (χ1) is 10.2. The standard InChI is InChI=1S/C15H20ClN3O3/c1-10(18-19-14(21)22-15(2,3)4)9-13(20)17-12-7-5-11(16)6-8-12/h5-8H,9H2,1-4H3,(H,17,20)(H,19,21)/b18-10+. The van der Waals surface area contributed by atoms with E-state index in [4.69, 9.17) is 16.3 Å². The molecule has 22 heavy (non-hydrogen) atoms. The molecule has 0 bridgehead atoms. The van der Waals surface area contributed by atoms with Crippen LogP contribution in [0.5, 0.6) is 0 Å². The van der Waals surface area contributed by atoms with Crippen LogP contribution in [0, 0.1) is 0 Å². The molecule has 2 amide bonds. The molecular weight excluding hydrogens is 306 g/mol. The highest BCUT2D eigenvalue weighted by Crippen LogP contribution is 2.13. The molecule has 1 aromatic carbocycles. The summed E-state index contributed by atoms with van der Waals surface area (Å²) in [6.45, 7) is 6.90. The van der Waals surface area contributed by atoms with Crippen LogP contribution >= 0.6 is 11.6 Å².